The molecule has 0 atom stereocenters. The summed E-state index contributed by atoms with van der Waals surface area (Å²) in [7, 11) is 0. The molecule has 0 aliphatic heterocycles. The van der Waals surface area contributed by atoms with Crippen LogP contribution in [0.4, 0.5) is 5.69 Å². The third kappa shape index (κ3) is 3.15. The summed E-state index contributed by atoms with van der Waals surface area (Å²) in [5.74, 6) is 5.83. The second-order valence-corrected chi connectivity index (χ2v) is 12.3. The van der Waals surface area contributed by atoms with E-state index >= 15 is 0 Å². The molecule has 2 nitrogen and oxygen atoms in total. The van der Waals surface area contributed by atoms with Crippen LogP contribution in [-0.4, -0.2) is 17.9 Å². The minimum atomic E-state index is 0. The van der Waals surface area contributed by atoms with Crippen LogP contribution in [0.3, 0.4) is 0 Å². The average Bonchev–Trinajstić information content (AvgIpc) is 2.66. The van der Waals surface area contributed by atoms with Crippen LogP contribution in [0.25, 0.3) is 0 Å². The third-order valence-corrected chi connectivity index (χ3v) is 10.1. The number of benzene rings is 1. The van der Waals surface area contributed by atoms with Gasteiger partial charge in [-0.1, -0.05) is 18.2 Å². The van der Waals surface area contributed by atoms with Gasteiger partial charge in [-0.15, -0.1) is 12.4 Å². The van der Waals surface area contributed by atoms with Crippen LogP contribution in [0.1, 0.15) is 77.0 Å². The van der Waals surface area contributed by atoms with Gasteiger partial charge in [0.25, 0.3) is 0 Å². The number of halogens is 1. The van der Waals surface area contributed by atoms with Crippen molar-refractivity contribution in [1.29, 1.82) is 0 Å². The number of nitrogens with zero attached hydrogens (tertiary/aromatic N) is 1. The fourth-order valence-corrected chi connectivity index (χ4v) is 9.90. The smallest absolute Gasteiger partial charge is 0.120 e. The summed E-state index contributed by atoms with van der Waals surface area (Å²) in [5.41, 5.74) is 2.00. The quantitative estimate of drug-likeness (QED) is 0.477. The van der Waals surface area contributed by atoms with E-state index < -0.39 is 0 Å². The molecule has 8 aliphatic carbocycles. The number of para-hydroxylation sites is 1. The van der Waals surface area contributed by atoms with Crippen molar-refractivity contribution in [1.82, 2.24) is 0 Å². The van der Waals surface area contributed by atoms with E-state index in [1.54, 1.807) is 0 Å². The fraction of sp³-hybridized carbons (Fsp3) is 0.778. The molecular formula is C27H38ClNO. The molecule has 0 N–H and O–H groups in total. The molecule has 0 radical (unpaired) electrons. The maximum Gasteiger partial charge on any atom is 0.120 e. The maximum absolute atomic E-state index is 7.07. The summed E-state index contributed by atoms with van der Waals surface area (Å²) < 4.78 is 7.07. The lowest BCUT2D eigenvalue weighted by Crippen LogP contribution is -2.62. The molecule has 30 heavy (non-hydrogen) atoms. The monoisotopic (exact) mass is 427 g/mol. The Morgan fingerprint density at radius 1 is 0.667 bits per heavy atom. The Morgan fingerprint density at radius 2 is 1.10 bits per heavy atom. The van der Waals surface area contributed by atoms with Crippen LogP contribution < -0.4 is 4.90 Å². The lowest BCUT2D eigenvalue weighted by atomic mass is 9.52. The van der Waals surface area contributed by atoms with E-state index in [1.807, 2.05) is 0 Å². The number of hydrogen-bond donors (Lipinski definition) is 0. The summed E-state index contributed by atoms with van der Waals surface area (Å²) in [6.45, 7) is 0.836. The van der Waals surface area contributed by atoms with Crippen molar-refractivity contribution >= 4 is 18.1 Å². The van der Waals surface area contributed by atoms with Crippen molar-refractivity contribution in [3.63, 3.8) is 0 Å². The van der Waals surface area contributed by atoms with Gasteiger partial charge in [0.15, 0.2) is 0 Å². The van der Waals surface area contributed by atoms with Crippen LogP contribution in [0, 0.1) is 35.5 Å². The first kappa shape index (κ1) is 19.9. The van der Waals surface area contributed by atoms with Crippen LogP contribution in [0.2, 0.25) is 0 Å². The van der Waals surface area contributed by atoms with E-state index in [-0.39, 0.29) is 18.0 Å². The third-order valence-electron chi connectivity index (χ3n) is 10.1. The summed E-state index contributed by atoms with van der Waals surface area (Å²) in [5, 5.41) is 0. The van der Waals surface area contributed by atoms with Gasteiger partial charge >= 0.3 is 0 Å². The predicted octanol–water partition coefficient (Wildman–Crippen LogP) is 6.83. The highest BCUT2D eigenvalue weighted by Crippen LogP contribution is 2.60. The molecule has 1 aromatic rings. The molecule has 0 heterocycles. The normalized spacial score (nSPS) is 47.3. The zero-order chi connectivity index (χ0) is 19.1. The van der Waals surface area contributed by atoms with Gasteiger partial charge in [0.05, 0.1) is 5.60 Å². The Morgan fingerprint density at radius 3 is 1.57 bits per heavy atom. The Kier molecular flexibility index (Phi) is 4.74. The summed E-state index contributed by atoms with van der Waals surface area (Å²) in [4.78, 5) is 2.77. The van der Waals surface area contributed by atoms with Crippen LogP contribution in [-0.2, 0) is 4.74 Å². The average molecular weight is 428 g/mol. The summed E-state index contributed by atoms with van der Waals surface area (Å²) >= 11 is 0. The molecule has 9 rings (SSSR count). The van der Waals surface area contributed by atoms with E-state index in [0.717, 1.165) is 42.2 Å². The lowest BCUT2D eigenvalue weighted by Gasteiger charge is -2.62. The minimum absolute atomic E-state index is 0. The largest absolute Gasteiger partial charge is 0.355 e. The van der Waals surface area contributed by atoms with Gasteiger partial charge in [-0.05, 0) is 125 Å². The topological polar surface area (TPSA) is 12.5 Å². The van der Waals surface area contributed by atoms with Crippen molar-refractivity contribution in [2.24, 2.45) is 35.5 Å². The Hall–Kier alpha value is -0.730. The summed E-state index contributed by atoms with van der Waals surface area (Å²) in [6.07, 6.45) is 17.3. The van der Waals surface area contributed by atoms with Gasteiger partial charge in [-0.3, -0.25) is 0 Å². The lowest BCUT2D eigenvalue weighted by molar-refractivity contribution is -0.166. The standard InChI is InChI=1S/C27H37NO.ClH/c1-2-4-25(5-3-1)28(26-12-19-6-20(13-26)8-21(7-19)14-26)18-29-27-15-22-9-23(16-27)11-24(10-22)17-27;/h1-5,19-24H,6-18H2;1H. The Bertz CT molecular complexity index is 706. The van der Waals surface area contributed by atoms with Crippen molar-refractivity contribution in [2.45, 2.75) is 88.2 Å². The highest BCUT2D eigenvalue weighted by Gasteiger charge is 2.55. The molecule has 3 heteroatoms. The molecule has 0 aromatic heterocycles. The molecule has 0 unspecified atom stereocenters. The number of hydrogen-bond acceptors (Lipinski definition) is 2. The number of ether oxygens (including phenoxy) is 1. The summed E-state index contributed by atoms with van der Waals surface area (Å²) in [6, 6.07) is 11.3. The van der Waals surface area contributed by atoms with E-state index in [9.17, 15) is 0 Å². The van der Waals surface area contributed by atoms with Crippen molar-refractivity contribution in [3.8, 4) is 0 Å². The molecular weight excluding hydrogens is 390 g/mol. The van der Waals surface area contributed by atoms with E-state index in [4.69, 9.17) is 4.74 Å². The molecule has 8 bridgehead atoms. The van der Waals surface area contributed by atoms with Gasteiger partial charge in [0.2, 0.25) is 0 Å². The fourth-order valence-electron chi connectivity index (χ4n) is 9.90. The molecule has 164 valence electrons. The van der Waals surface area contributed by atoms with Crippen molar-refractivity contribution in [3.05, 3.63) is 30.3 Å². The molecule has 8 fully saturated rings. The highest BCUT2D eigenvalue weighted by atomic mass is 35.5. The SMILES string of the molecule is Cl.c1ccc(N(COC23CC4CC(CC(C4)C2)C3)C23CC4CC(CC(C4)C2)C3)cc1. The second kappa shape index (κ2) is 7.14. The molecule has 1 aromatic carbocycles. The first-order valence-corrected chi connectivity index (χ1v) is 12.6. The van der Waals surface area contributed by atoms with E-state index in [0.29, 0.717) is 5.54 Å². The zero-order valence-electron chi connectivity index (χ0n) is 18.3. The predicted molar refractivity (Wildman–Crippen MR) is 124 cm³/mol. The molecule has 0 amide bonds. The molecule has 0 spiro atoms. The van der Waals surface area contributed by atoms with Gasteiger partial charge in [0, 0.05) is 11.2 Å². The van der Waals surface area contributed by atoms with Gasteiger partial charge < -0.3 is 9.64 Å². The molecule has 8 saturated carbocycles. The number of rotatable bonds is 5. The van der Waals surface area contributed by atoms with Crippen molar-refractivity contribution in [2.75, 3.05) is 11.6 Å². The van der Waals surface area contributed by atoms with Gasteiger partial charge in [-0.25, -0.2) is 0 Å². The first-order valence-electron chi connectivity index (χ1n) is 12.6. The number of anilines is 1. The van der Waals surface area contributed by atoms with Crippen LogP contribution in [0.15, 0.2) is 30.3 Å². The second-order valence-electron chi connectivity index (χ2n) is 12.3. The van der Waals surface area contributed by atoms with Crippen LogP contribution >= 0.6 is 12.4 Å². The highest BCUT2D eigenvalue weighted by molar-refractivity contribution is 5.85. The van der Waals surface area contributed by atoms with E-state index in [2.05, 4.69) is 35.2 Å². The molecule has 0 saturated heterocycles. The minimum Gasteiger partial charge on any atom is -0.355 e. The Balaban J connectivity index is 0.00000175. The Labute approximate surface area is 188 Å². The zero-order valence-corrected chi connectivity index (χ0v) is 19.1. The maximum atomic E-state index is 7.07. The first-order chi connectivity index (χ1) is 14.2. The van der Waals surface area contributed by atoms with Gasteiger partial charge in [0.1, 0.15) is 6.73 Å². The van der Waals surface area contributed by atoms with E-state index in [1.165, 1.54) is 82.7 Å². The van der Waals surface area contributed by atoms with Crippen molar-refractivity contribution < 1.29 is 4.74 Å². The van der Waals surface area contributed by atoms with Gasteiger partial charge in [-0.2, -0.15) is 0 Å². The van der Waals surface area contributed by atoms with Crippen LogP contribution in [0.5, 0.6) is 0 Å². The molecule has 8 aliphatic rings.